The van der Waals surface area contributed by atoms with Crippen molar-refractivity contribution in [3.63, 3.8) is 0 Å². The van der Waals surface area contributed by atoms with Gasteiger partial charge in [0.05, 0.1) is 0 Å². The van der Waals surface area contributed by atoms with Crippen molar-refractivity contribution in [1.29, 1.82) is 0 Å². The van der Waals surface area contributed by atoms with E-state index in [-0.39, 0.29) is 0 Å². The van der Waals surface area contributed by atoms with Gasteiger partial charge in [0.25, 0.3) is 0 Å². The summed E-state index contributed by atoms with van der Waals surface area (Å²) in [6.07, 6.45) is 22.2. The number of unbranched alkanes of at least 4 members (excludes halogenated alkanes) is 14. The zero-order chi connectivity index (χ0) is 18.6. The van der Waals surface area contributed by atoms with Crippen LogP contribution in [0, 0.1) is 0 Å². The van der Waals surface area contributed by atoms with Gasteiger partial charge in [-0.1, -0.05) is 117 Å². The van der Waals surface area contributed by atoms with E-state index in [1.165, 1.54) is 115 Å². The first kappa shape index (κ1) is 25.1. The van der Waals surface area contributed by atoms with Crippen molar-refractivity contribution in [3.05, 3.63) is 0 Å². The van der Waals surface area contributed by atoms with Crippen LogP contribution in [0.3, 0.4) is 0 Å². The van der Waals surface area contributed by atoms with Crippen LogP contribution < -0.4 is 0 Å². The van der Waals surface area contributed by atoms with Gasteiger partial charge in [0, 0.05) is 14.2 Å². The molecule has 0 saturated carbocycles. The molecule has 3 heteroatoms. The lowest BCUT2D eigenvalue weighted by atomic mass is 10.1. The first-order chi connectivity index (χ1) is 12.2. The molecule has 0 amide bonds. The second-order valence-corrected chi connectivity index (χ2v) is 11.4. The molecular formula is C22H48O2Si. The predicted octanol–water partition coefficient (Wildman–Crippen LogP) is 8.00. The smallest absolute Gasteiger partial charge is 0.337 e. The SMILES string of the molecule is CCCCCCCCCCCCCC[Si](CCCCCC)(OC)OC. The Kier molecular flexibility index (Phi) is 19.0. The molecule has 0 N–H and O–H groups in total. The third-order valence-electron chi connectivity index (χ3n) is 5.57. The van der Waals surface area contributed by atoms with E-state index in [0.29, 0.717) is 0 Å². The molecule has 0 spiro atoms. The van der Waals surface area contributed by atoms with Crippen LogP contribution >= 0.6 is 0 Å². The summed E-state index contributed by atoms with van der Waals surface area (Å²) in [5.74, 6) is 0. The van der Waals surface area contributed by atoms with Gasteiger partial charge in [-0.05, 0) is 12.1 Å². The maximum absolute atomic E-state index is 5.88. The van der Waals surface area contributed by atoms with E-state index in [0.717, 1.165) is 0 Å². The molecule has 0 heterocycles. The molecular weight excluding hydrogens is 324 g/mol. The molecule has 0 atom stereocenters. The standard InChI is InChI=1S/C22H48O2Si/c1-5-7-9-11-12-13-14-15-16-17-18-20-22-25(23-3,24-4)21-19-10-8-6-2/h5-22H2,1-4H3. The van der Waals surface area contributed by atoms with Crippen molar-refractivity contribution in [2.75, 3.05) is 14.2 Å². The summed E-state index contributed by atoms with van der Waals surface area (Å²) in [4.78, 5) is 0. The molecule has 0 aromatic carbocycles. The Bertz CT molecular complexity index is 254. The van der Waals surface area contributed by atoms with Gasteiger partial charge in [0.1, 0.15) is 0 Å². The first-order valence-electron chi connectivity index (χ1n) is 11.3. The summed E-state index contributed by atoms with van der Waals surface area (Å²) in [7, 11) is 1.85. The maximum Gasteiger partial charge on any atom is 0.337 e. The van der Waals surface area contributed by atoms with Gasteiger partial charge < -0.3 is 8.85 Å². The van der Waals surface area contributed by atoms with E-state index >= 15 is 0 Å². The van der Waals surface area contributed by atoms with Crippen LogP contribution in [-0.2, 0) is 8.85 Å². The van der Waals surface area contributed by atoms with E-state index in [1.54, 1.807) is 0 Å². The van der Waals surface area contributed by atoms with Crippen molar-refractivity contribution in [3.8, 4) is 0 Å². The molecule has 0 fully saturated rings. The fraction of sp³-hybridized carbons (Fsp3) is 1.00. The summed E-state index contributed by atoms with van der Waals surface area (Å²) in [6, 6.07) is 2.36. The molecule has 2 nitrogen and oxygen atoms in total. The van der Waals surface area contributed by atoms with Gasteiger partial charge in [-0.3, -0.25) is 0 Å². The highest BCUT2D eigenvalue weighted by atomic mass is 28.4. The lowest BCUT2D eigenvalue weighted by Gasteiger charge is -2.27. The van der Waals surface area contributed by atoms with Gasteiger partial charge in [-0.15, -0.1) is 0 Å². The summed E-state index contributed by atoms with van der Waals surface area (Å²) in [6.45, 7) is 4.56. The molecule has 0 aromatic heterocycles. The molecule has 0 unspecified atom stereocenters. The van der Waals surface area contributed by atoms with E-state index in [2.05, 4.69) is 13.8 Å². The Hall–Kier alpha value is 0.137. The first-order valence-corrected chi connectivity index (χ1v) is 13.6. The number of rotatable bonds is 20. The quantitative estimate of drug-likeness (QED) is 0.159. The Morgan fingerprint density at radius 2 is 0.720 bits per heavy atom. The Morgan fingerprint density at radius 1 is 0.440 bits per heavy atom. The van der Waals surface area contributed by atoms with Crippen LogP contribution in [0.5, 0.6) is 0 Å². The summed E-state index contributed by atoms with van der Waals surface area (Å²) < 4.78 is 11.8. The summed E-state index contributed by atoms with van der Waals surface area (Å²) in [5, 5.41) is 0. The fourth-order valence-electron chi connectivity index (χ4n) is 3.67. The van der Waals surface area contributed by atoms with Crippen molar-refractivity contribution < 1.29 is 8.85 Å². The number of hydrogen-bond donors (Lipinski definition) is 0. The second-order valence-electron chi connectivity index (χ2n) is 7.77. The Balaban J connectivity index is 3.55. The third-order valence-corrected chi connectivity index (χ3v) is 9.29. The molecule has 152 valence electrons. The van der Waals surface area contributed by atoms with Crippen LogP contribution in [0.15, 0.2) is 0 Å². The largest absolute Gasteiger partial charge is 0.398 e. The lowest BCUT2D eigenvalue weighted by molar-refractivity contribution is 0.238. The molecule has 0 aliphatic rings. The van der Waals surface area contributed by atoms with Crippen molar-refractivity contribution in [2.45, 2.75) is 129 Å². The minimum Gasteiger partial charge on any atom is -0.398 e. The van der Waals surface area contributed by atoms with Crippen LogP contribution in [0.2, 0.25) is 12.1 Å². The van der Waals surface area contributed by atoms with Gasteiger partial charge >= 0.3 is 8.56 Å². The monoisotopic (exact) mass is 372 g/mol. The average Bonchev–Trinajstić information content (AvgIpc) is 2.64. The Morgan fingerprint density at radius 3 is 1.04 bits per heavy atom. The molecule has 0 bridgehead atoms. The van der Waals surface area contributed by atoms with Crippen LogP contribution in [-0.4, -0.2) is 22.8 Å². The highest BCUT2D eigenvalue weighted by molar-refractivity contribution is 6.67. The third kappa shape index (κ3) is 14.9. The zero-order valence-corrected chi connectivity index (χ0v) is 19.0. The van der Waals surface area contributed by atoms with Gasteiger partial charge in [-0.25, -0.2) is 0 Å². The van der Waals surface area contributed by atoms with E-state index in [4.69, 9.17) is 8.85 Å². The van der Waals surface area contributed by atoms with Gasteiger partial charge in [-0.2, -0.15) is 0 Å². The maximum atomic E-state index is 5.88. The summed E-state index contributed by atoms with van der Waals surface area (Å²) >= 11 is 0. The highest BCUT2D eigenvalue weighted by Gasteiger charge is 2.33. The fourth-order valence-corrected chi connectivity index (χ4v) is 6.48. The molecule has 25 heavy (non-hydrogen) atoms. The van der Waals surface area contributed by atoms with Crippen molar-refractivity contribution in [1.82, 2.24) is 0 Å². The van der Waals surface area contributed by atoms with Crippen molar-refractivity contribution in [2.24, 2.45) is 0 Å². The molecule has 0 saturated heterocycles. The van der Waals surface area contributed by atoms with E-state index < -0.39 is 8.56 Å². The van der Waals surface area contributed by atoms with Crippen LogP contribution in [0.1, 0.15) is 117 Å². The van der Waals surface area contributed by atoms with E-state index in [9.17, 15) is 0 Å². The van der Waals surface area contributed by atoms with Gasteiger partial charge in [0.15, 0.2) is 0 Å². The molecule has 0 aliphatic heterocycles. The molecule has 0 aromatic rings. The lowest BCUT2D eigenvalue weighted by Crippen LogP contribution is -2.39. The predicted molar refractivity (Wildman–Crippen MR) is 115 cm³/mol. The minimum atomic E-state index is -1.89. The molecule has 0 rings (SSSR count). The molecule has 0 aliphatic carbocycles. The van der Waals surface area contributed by atoms with Crippen LogP contribution in [0.4, 0.5) is 0 Å². The summed E-state index contributed by atoms with van der Waals surface area (Å²) in [5.41, 5.74) is 0. The van der Waals surface area contributed by atoms with Gasteiger partial charge in [0.2, 0.25) is 0 Å². The Labute approximate surface area is 160 Å². The van der Waals surface area contributed by atoms with Crippen molar-refractivity contribution >= 4 is 8.56 Å². The highest BCUT2D eigenvalue weighted by Crippen LogP contribution is 2.24. The second kappa shape index (κ2) is 18.9. The van der Waals surface area contributed by atoms with Crippen LogP contribution in [0.25, 0.3) is 0 Å². The number of hydrogen-bond acceptors (Lipinski definition) is 2. The van der Waals surface area contributed by atoms with E-state index in [1.807, 2.05) is 14.2 Å². The normalized spacial score (nSPS) is 12.0. The minimum absolute atomic E-state index is 1.18. The average molecular weight is 373 g/mol. The zero-order valence-electron chi connectivity index (χ0n) is 18.0. The topological polar surface area (TPSA) is 18.5 Å². The molecule has 0 radical (unpaired) electrons.